The smallest absolute Gasteiger partial charge is 0.233 e. The zero-order chi connectivity index (χ0) is 21.6. The molecule has 1 atom stereocenters. The minimum Gasteiger partial charge on any atom is -0.497 e. The molecule has 162 valence electrons. The maximum atomic E-state index is 13.0. The van der Waals surface area contributed by atoms with E-state index in [0.29, 0.717) is 11.8 Å². The quantitative estimate of drug-likeness (QED) is 0.497. The molecule has 0 saturated carbocycles. The molecular weight excluding hydrogens is 408 g/mol. The van der Waals surface area contributed by atoms with E-state index < -0.39 is 0 Å². The minimum absolute atomic E-state index is 0.185. The van der Waals surface area contributed by atoms with Crippen LogP contribution in [0.25, 0.3) is 17.1 Å². The summed E-state index contributed by atoms with van der Waals surface area (Å²) in [7, 11) is 1.65. The lowest BCUT2D eigenvalue weighted by Crippen LogP contribution is -2.44. The van der Waals surface area contributed by atoms with Crippen LogP contribution in [0.2, 0.25) is 0 Å². The van der Waals surface area contributed by atoms with Gasteiger partial charge in [-0.3, -0.25) is 9.36 Å². The van der Waals surface area contributed by atoms with Gasteiger partial charge in [0.25, 0.3) is 0 Å². The molecule has 1 amide bonds. The summed E-state index contributed by atoms with van der Waals surface area (Å²) in [5.74, 6) is 2.09. The first-order valence-electron chi connectivity index (χ1n) is 10.8. The van der Waals surface area contributed by atoms with Gasteiger partial charge in [0.05, 0.1) is 12.9 Å². The third kappa shape index (κ3) is 4.77. The molecule has 6 nitrogen and oxygen atoms in total. The number of aromatic nitrogens is 3. The van der Waals surface area contributed by atoms with Crippen molar-refractivity contribution in [1.29, 1.82) is 0 Å². The molecule has 0 radical (unpaired) electrons. The summed E-state index contributed by atoms with van der Waals surface area (Å²) in [6, 6.07) is 18.2. The second-order valence-electron chi connectivity index (χ2n) is 7.64. The standard InChI is InChI=1S/C24H28N4O2S/c1-3-19-9-7-8-16-27(19)22(29)17-31-24-26-25-23(18-12-14-21(30-2)15-13-18)28(24)20-10-5-4-6-11-20/h4-6,10-15,19H,3,7-9,16-17H2,1-2H3. The summed E-state index contributed by atoms with van der Waals surface area (Å²) in [5.41, 5.74) is 1.91. The maximum absolute atomic E-state index is 13.0. The molecule has 3 aromatic rings. The molecule has 4 rings (SSSR count). The van der Waals surface area contributed by atoms with Crippen LogP contribution in [0.15, 0.2) is 59.8 Å². The summed E-state index contributed by atoms with van der Waals surface area (Å²) >= 11 is 1.45. The fourth-order valence-corrected chi connectivity index (χ4v) is 4.90. The molecule has 2 aromatic carbocycles. The van der Waals surface area contributed by atoms with Crippen LogP contribution in [0.3, 0.4) is 0 Å². The molecule has 0 bridgehead atoms. The number of thioether (sulfide) groups is 1. The first-order chi connectivity index (χ1) is 15.2. The predicted molar refractivity (Wildman–Crippen MR) is 124 cm³/mol. The highest BCUT2D eigenvalue weighted by Gasteiger charge is 2.26. The first-order valence-corrected chi connectivity index (χ1v) is 11.8. The average Bonchev–Trinajstić information content (AvgIpc) is 3.27. The van der Waals surface area contributed by atoms with Gasteiger partial charge in [-0.15, -0.1) is 10.2 Å². The number of carbonyl (C=O) groups excluding carboxylic acids is 1. The number of para-hydroxylation sites is 1. The third-order valence-electron chi connectivity index (χ3n) is 5.74. The van der Waals surface area contributed by atoms with Crippen LogP contribution < -0.4 is 4.74 Å². The number of benzene rings is 2. The van der Waals surface area contributed by atoms with E-state index in [2.05, 4.69) is 22.0 Å². The van der Waals surface area contributed by atoms with Crippen LogP contribution in [-0.4, -0.2) is 51.0 Å². The SMILES string of the molecule is CCC1CCCCN1C(=O)CSc1nnc(-c2ccc(OC)cc2)n1-c1ccccc1. The number of piperidine rings is 1. The van der Waals surface area contributed by atoms with E-state index in [4.69, 9.17) is 4.74 Å². The van der Waals surface area contributed by atoms with Crippen LogP contribution in [0.4, 0.5) is 0 Å². The Morgan fingerprint density at radius 1 is 1.10 bits per heavy atom. The highest BCUT2D eigenvalue weighted by Crippen LogP contribution is 2.30. The number of carbonyl (C=O) groups is 1. The van der Waals surface area contributed by atoms with Crippen molar-refractivity contribution in [2.24, 2.45) is 0 Å². The van der Waals surface area contributed by atoms with Crippen molar-refractivity contribution in [2.45, 2.75) is 43.8 Å². The van der Waals surface area contributed by atoms with Gasteiger partial charge >= 0.3 is 0 Å². The van der Waals surface area contributed by atoms with E-state index in [0.717, 1.165) is 53.8 Å². The van der Waals surface area contributed by atoms with Crippen molar-refractivity contribution in [3.05, 3.63) is 54.6 Å². The Morgan fingerprint density at radius 2 is 1.87 bits per heavy atom. The number of likely N-dealkylation sites (tertiary alicyclic amines) is 1. The molecule has 31 heavy (non-hydrogen) atoms. The monoisotopic (exact) mass is 436 g/mol. The van der Waals surface area contributed by atoms with E-state index in [-0.39, 0.29) is 5.91 Å². The molecule has 1 aromatic heterocycles. The minimum atomic E-state index is 0.185. The van der Waals surface area contributed by atoms with Crippen molar-refractivity contribution >= 4 is 17.7 Å². The number of methoxy groups -OCH3 is 1. The highest BCUT2D eigenvalue weighted by molar-refractivity contribution is 7.99. The fraction of sp³-hybridized carbons (Fsp3) is 0.375. The number of rotatable bonds is 7. The highest BCUT2D eigenvalue weighted by atomic mass is 32.2. The van der Waals surface area contributed by atoms with Crippen LogP contribution in [0.5, 0.6) is 5.75 Å². The Hall–Kier alpha value is -2.80. The van der Waals surface area contributed by atoms with Crippen LogP contribution in [-0.2, 0) is 4.79 Å². The molecule has 1 fully saturated rings. The van der Waals surface area contributed by atoms with E-state index in [1.807, 2.05) is 59.2 Å². The summed E-state index contributed by atoms with van der Waals surface area (Å²) in [5, 5.41) is 9.63. The lowest BCUT2D eigenvalue weighted by atomic mass is 10.0. The largest absolute Gasteiger partial charge is 0.497 e. The molecule has 0 N–H and O–H groups in total. The van der Waals surface area contributed by atoms with Crippen LogP contribution in [0.1, 0.15) is 32.6 Å². The Morgan fingerprint density at radius 3 is 2.58 bits per heavy atom. The van der Waals surface area contributed by atoms with Crippen molar-refractivity contribution in [1.82, 2.24) is 19.7 Å². The van der Waals surface area contributed by atoms with Crippen molar-refractivity contribution in [2.75, 3.05) is 19.4 Å². The fourth-order valence-electron chi connectivity index (χ4n) is 4.06. The normalized spacial score (nSPS) is 16.3. The van der Waals surface area contributed by atoms with E-state index >= 15 is 0 Å². The predicted octanol–water partition coefficient (Wildman–Crippen LogP) is 4.83. The summed E-state index contributed by atoms with van der Waals surface area (Å²) in [4.78, 5) is 15.0. The molecule has 0 aliphatic carbocycles. The molecule has 2 heterocycles. The van der Waals surface area contributed by atoms with Crippen molar-refractivity contribution in [3.63, 3.8) is 0 Å². The Labute approximate surface area is 187 Å². The van der Waals surface area contributed by atoms with E-state index in [9.17, 15) is 4.79 Å². The summed E-state index contributed by atoms with van der Waals surface area (Å²) in [6.45, 7) is 3.02. The number of ether oxygens (including phenoxy) is 1. The maximum Gasteiger partial charge on any atom is 0.233 e. The van der Waals surface area contributed by atoms with Gasteiger partial charge in [-0.1, -0.05) is 36.9 Å². The van der Waals surface area contributed by atoms with Crippen molar-refractivity contribution in [3.8, 4) is 22.8 Å². The second kappa shape index (κ2) is 10.0. The Kier molecular flexibility index (Phi) is 6.92. The first kappa shape index (κ1) is 21.4. The molecule has 1 aliphatic heterocycles. The van der Waals surface area contributed by atoms with Gasteiger partial charge in [0.1, 0.15) is 5.75 Å². The topological polar surface area (TPSA) is 60.3 Å². The lowest BCUT2D eigenvalue weighted by Gasteiger charge is -2.35. The van der Waals surface area contributed by atoms with E-state index in [1.165, 1.54) is 18.2 Å². The number of hydrogen-bond acceptors (Lipinski definition) is 5. The van der Waals surface area contributed by atoms with Gasteiger partial charge in [-0.05, 0) is 62.1 Å². The number of nitrogens with zero attached hydrogens (tertiary/aromatic N) is 4. The van der Waals surface area contributed by atoms with Gasteiger partial charge in [-0.25, -0.2) is 0 Å². The third-order valence-corrected chi connectivity index (χ3v) is 6.65. The average molecular weight is 437 g/mol. The lowest BCUT2D eigenvalue weighted by molar-refractivity contribution is -0.132. The summed E-state index contributed by atoms with van der Waals surface area (Å²) in [6.07, 6.45) is 4.42. The molecule has 0 spiro atoms. The van der Waals surface area contributed by atoms with Crippen LogP contribution in [0, 0.1) is 0 Å². The van der Waals surface area contributed by atoms with Crippen LogP contribution >= 0.6 is 11.8 Å². The Balaban J connectivity index is 1.60. The number of hydrogen-bond donors (Lipinski definition) is 0. The second-order valence-corrected chi connectivity index (χ2v) is 8.58. The zero-order valence-corrected chi connectivity index (χ0v) is 18.8. The molecule has 7 heteroatoms. The Bertz CT molecular complexity index is 1000. The molecule has 1 aliphatic rings. The zero-order valence-electron chi connectivity index (χ0n) is 18.0. The van der Waals surface area contributed by atoms with Gasteiger partial charge in [0.2, 0.25) is 5.91 Å². The van der Waals surface area contributed by atoms with Gasteiger partial charge < -0.3 is 9.64 Å². The van der Waals surface area contributed by atoms with Gasteiger partial charge in [-0.2, -0.15) is 0 Å². The molecular formula is C24H28N4O2S. The van der Waals surface area contributed by atoms with Crippen molar-refractivity contribution < 1.29 is 9.53 Å². The molecule has 1 unspecified atom stereocenters. The molecule has 1 saturated heterocycles. The van der Waals surface area contributed by atoms with Gasteiger partial charge in [0, 0.05) is 23.8 Å². The van der Waals surface area contributed by atoms with Gasteiger partial charge in [0.15, 0.2) is 11.0 Å². The van der Waals surface area contributed by atoms with E-state index in [1.54, 1.807) is 7.11 Å². The number of amides is 1. The summed E-state index contributed by atoms with van der Waals surface area (Å²) < 4.78 is 7.30.